The Balaban J connectivity index is 2.56. The molecule has 5 nitrogen and oxygen atoms in total. The lowest BCUT2D eigenvalue weighted by Gasteiger charge is -2.27. The minimum atomic E-state index is -2.96. The summed E-state index contributed by atoms with van der Waals surface area (Å²) < 4.78 is 43.3. The molecule has 0 saturated carbocycles. The minimum absolute atomic E-state index is 0.0546. The molecule has 11 heavy (non-hydrogen) atoms. The smallest absolute Gasteiger partial charge is 0.152 e. The Hall–Kier alpha value is 0.0200. The second-order valence-electron chi connectivity index (χ2n) is 2.30. The second-order valence-corrected chi connectivity index (χ2v) is 5.55. The number of hydrogen-bond acceptors (Lipinski definition) is 4. The van der Waals surface area contributed by atoms with E-state index in [0.717, 1.165) is 4.31 Å². The van der Waals surface area contributed by atoms with Crippen LogP contribution in [-0.2, 0) is 21.1 Å². The van der Waals surface area contributed by atoms with Crippen LogP contribution in [0.25, 0.3) is 0 Å². The molecule has 66 valence electrons. The van der Waals surface area contributed by atoms with Crippen LogP contribution in [0.15, 0.2) is 0 Å². The van der Waals surface area contributed by atoms with Crippen molar-refractivity contribution < 1.29 is 17.2 Å². The summed E-state index contributed by atoms with van der Waals surface area (Å²) in [6.45, 7) is 0.191. The van der Waals surface area contributed by atoms with Gasteiger partial charge in [0.2, 0.25) is 0 Å². The van der Waals surface area contributed by atoms with Crippen LogP contribution in [0.2, 0.25) is 0 Å². The fraction of sp³-hybridized carbons (Fsp3) is 1.00. The van der Waals surface area contributed by atoms with Gasteiger partial charge in [-0.2, -0.15) is 0 Å². The standard InChI is InChI=1S/C4H9NO4S2/c6-10(7)5-1-3-11(8,9)4-2-5/h1-4H2,(H,6,7)/p-1. The zero-order valence-corrected chi connectivity index (χ0v) is 7.36. The van der Waals surface area contributed by atoms with Crippen molar-refractivity contribution in [3.8, 4) is 0 Å². The zero-order valence-electron chi connectivity index (χ0n) is 5.73. The summed E-state index contributed by atoms with van der Waals surface area (Å²) in [6.07, 6.45) is 0. The summed E-state index contributed by atoms with van der Waals surface area (Å²) in [5, 5.41) is 0. The van der Waals surface area contributed by atoms with Gasteiger partial charge in [-0.3, -0.25) is 4.21 Å². The first-order valence-corrected chi connectivity index (χ1v) is 5.91. The van der Waals surface area contributed by atoms with Gasteiger partial charge in [0.1, 0.15) is 0 Å². The monoisotopic (exact) mass is 198 g/mol. The Bertz CT molecular complexity index is 245. The van der Waals surface area contributed by atoms with Crippen molar-refractivity contribution in [3.63, 3.8) is 0 Å². The van der Waals surface area contributed by atoms with E-state index in [4.69, 9.17) is 0 Å². The zero-order chi connectivity index (χ0) is 8.48. The number of sulfone groups is 1. The highest BCUT2D eigenvalue weighted by Crippen LogP contribution is 2.04. The van der Waals surface area contributed by atoms with Gasteiger partial charge in [-0.05, 0) is 0 Å². The normalized spacial score (nSPS) is 28.1. The molecule has 0 aromatic carbocycles. The molecule has 1 aliphatic heterocycles. The summed E-state index contributed by atoms with van der Waals surface area (Å²) in [4.78, 5) is 0. The highest BCUT2D eigenvalue weighted by Gasteiger charge is 2.21. The van der Waals surface area contributed by atoms with E-state index < -0.39 is 21.1 Å². The van der Waals surface area contributed by atoms with Crippen LogP contribution in [0.3, 0.4) is 0 Å². The number of rotatable bonds is 1. The molecule has 1 rings (SSSR count). The quantitative estimate of drug-likeness (QED) is 0.481. The van der Waals surface area contributed by atoms with E-state index in [1.165, 1.54) is 0 Å². The van der Waals surface area contributed by atoms with Gasteiger partial charge < -0.3 is 4.55 Å². The highest BCUT2D eigenvalue weighted by molar-refractivity contribution is 7.91. The van der Waals surface area contributed by atoms with E-state index in [1.807, 2.05) is 0 Å². The Morgan fingerprint density at radius 1 is 1.27 bits per heavy atom. The van der Waals surface area contributed by atoms with Gasteiger partial charge in [-0.1, -0.05) is 0 Å². The van der Waals surface area contributed by atoms with Gasteiger partial charge in [0, 0.05) is 24.4 Å². The van der Waals surface area contributed by atoms with E-state index in [1.54, 1.807) is 0 Å². The largest absolute Gasteiger partial charge is 0.760 e. The van der Waals surface area contributed by atoms with Gasteiger partial charge in [-0.15, -0.1) is 0 Å². The third kappa shape index (κ3) is 2.51. The van der Waals surface area contributed by atoms with Crippen LogP contribution in [0.5, 0.6) is 0 Å². The highest BCUT2D eigenvalue weighted by atomic mass is 32.2. The van der Waals surface area contributed by atoms with Crippen molar-refractivity contribution in [2.75, 3.05) is 24.6 Å². The molecule has 1 heterocycles. The molecule has 1 fully saturated rings. The molecule has 1 unspecified atom stereocenters. The van der Waals surface area contributed by atoms with Gasteiger partial charge in [0.05, 0.1) is 11.5 Å². The summed E-state index contributed by atoms with van der Waals surface area (Å²) in [6, 6.07) is 0. The maximum atomic E-state index is 10.8. The molecule has 7 heteroatoms. The third-order valence-corrected chi connectivity index (χ3v) is 3.91. The topological polar surface area (TPSA) is 77.5 Å². The molecule has 0 aromatic heterocycles. The average Bonchev–Trinajstić information content (AvgIpc) is 1.86. The fourth-order valence-corrected chi connectivity index (χ4v) is 2.76. The molecule has 1 saturated heterocycles. The molecule has 1 atom stereocenters. The summed E-state index contributed by atoms with van der Waals surface area (Å²) in [5.74, 6) is -0.109. The number of nitrogens with zero attached hydrogens (tertiary/aromatic N) is 1. The van der Waals surface area contributed by atoms with Gasteiger partial charge in [0.15, 0.2) is 9.84 Å². The Kier molecular flexibility index (Phi) is 2.63. The summed E-state index contributed by atoms with van der Waals surface area (Å²) in [7, 11) is -2.96. The van der Waals surface area contributed by atoms with Crippen LogP contribution in [0.1, 0.15) is 0 Å². The molecule has 0 spiro atoms. The molecule has 0 bridgehead atoms. The summed E-state index contributed by atoms with van der Waals surface area (Å²) >= 11 is -2.27. The van der Waals surface area contributed by atoms with E-state index in [9.17, 15) is 17.2 Å². The van der Waals surface area contributed by atoms with E-state index >= 15 is 0 Å². The molecule has 0 amide bonds. The van der Waals surface area contributed by atoms with Crippen molar-refractivity contribution in [2.45, 2.75) is 0 Å². The van der Waals surface area contributed by atoms with E-state index in [2.05, 4.69) is 0 Å². The predicted octanol–water partition coefficient (Wildman–Crippen LogP) is -1.49. The first kappa shape index (κ1) is 9.11. The Morgan fingerprint density at radius 2 is 1.73 bits per heavy atom. The van der Waals surface area contributed by atoms with Crippen molar-refractivity contribution in [3.05, 3.63) is 0 Å². The molecule has 1 aliphatic rings. The maximum absolute atomic E-state index is 10.8. The first-order valence-electron chi connectivity index (χ1n) is 3.06. The van der Waals surface area contributed by atoms with E-state index in [-0.39, 0.29) is 24.6 Å². The minimum Gasteiger partial charge on any atom is -0.760 e. The lowest BCUT2D eigenvalue weighted by molar-refractivity contribution is 0.404. The van der Waals surface area contributed by atoms with Crippen molar-refractivity contribution in [1.82, 2.24) is 4.31 Å². The third-order valence-electron chi connectivity index (χ3n) is 1.51. The lowest BCUT2D eigenvalue weighted by atomic mass is 10.6. The van der Waals surface area contributed by atoms with Crippen molar-refractivity contribution >= 4 is 21.1 Å². The molecule has 0 aliphatic carbocycles. The van der Waals surface area contributed by atoms with Crippen LogP contribution in [0, 0.1) is 0 Å². The van der Waals surface area contributed by atoms with Gasteiger partial charge >= 0.3 is 0 Å². The first-order chi connectivity index (χ1) is 5.01. The average molecular weight is 198 g/mol. The molecular weight excluding hydrogens is 190 g/mol. The Labute approximate surface area is 67.7 Å². The summed E-state index contributed by atoms with van der Waals surface area (Å²) in [5.41, 5.74) is 0. The SMILES string of the molecule is O=S([O-])N1CCS(=O)(=O)CC1. The Morgan fingerprint density at radius 3 is 2.09 bits per heavy atom. The van der Waals surface area contributed by atoms with Crippen LogP contribution in [-0.4, -0.2) is 46.1 Å². The van der Waals surface area contributed by atoms with E-state index in [0.29, 0.717) is 0 Å². The van der Waals surface area contributed by atoms with Gasteiger partial charge in [-0.25, -0.2) is 12.7 Å². The molecule has 0 aromatic rings. The lowest BCUT2D eigenvalue weighted by Crippen LogP contribution is -2.40. The molecule has 0 N–H and O–H groups in total. The van der Waals surface area contributed by atoms with Crippen molar-refractivity contribution in [2.24, 2.45) is 0 Å². The van der Waals surface area contributed by atoms with Crippen LogP contribution in [0.4, 0.5) is 0 Å². The fourth-order valence-electron chi connectivity index (χ4n) is 0.845. The van der Waals surface area contributed by atoms with Crippen LogP contribution >= 0.6 is 0 Å². The molecular formula is C4H8NO4S2-. The predicted molar refractivity (Wildman–Crippen MR) is 39.1 cm³/mol. The molecule has 0 radical (unpaired) electrons. The number of hydrogen-bond donors (Lipinski definition) is 0. The van der Waals surface area contributed by atoms with Gasteiger partial charge in [0.25, 0.3) is 0 Å². The maximum Gasteiger partial charge on any atom is 0.152 e. The second kappa shape index (κ2) is 3.18. The van der Waals surface area contributed by atoms with Crippen LogP contribution < -0.4 is 0 Å². The van der Waals surface area contributed by atoms with Crippen molar-refractivity contribution in [1.29, 1.82) is 0 Å².